The van der Waals surface area contributed by atoms with Crippen molar-refractivity contribution in [2.24, 2.45) is 7.05 Å². The van der Waals surface area contributed by atoms with Crippen molar-refractivity contribution < 1.29 is 4.74 Å². The fraction of sp³-hybridized carbons (Fsp3) is 0.160. The largest absolute Gasteiger partial charge is 0.457 e. The number of para-hydroxylation sites is 2. The molecular weight excluding hydrogens is 360 g/mol. The second-order valence-electron chi connectivity index (χ2n) is 7.59. The molecule has 5 rings (SSSR count). The summed E-state index contributed by atoms with van der Waals surface area (Å²) in [5, 5.41) is 0. The highest BCUT2D eigenvalue weighted by Crippen LogP contribution is 2.47. The number of hydrogen-bond acceptors (Lipinski definition) is 2. The predicted molar refractivity (Wildman–Crippen MR) is 114 cm³/mol. The number of fused-ring (bicyclic) bond motifs is 2. The fourth-order valence-electron chi connectivity index (χ4n) is 4.32. The summed E-state index contributed by atoms with van der Waals surface area (Å²) in [5.41, 5.74) is 5.82. The van der Waals surface area contributed by atoms with Crippen molar-refractivity contribution in [3.05, 3.63) is 111 Å². The van der Waals surface area contributed by atoms with Crippen LogP contribution < -0.4 is 10.3 Å². The van der Waals surface area contributed by atoms with Gasteiger partial charge in [-0.05, 0) is 38.1 Å². The van der Waals surface area contributed by atoms with Gasteiger partial charge in [0.15, 0.2) is 0 Å². The molecule has 0 aliphatic carbocycles. The molecule has 4 nitrogen and oxygen atoms in total. The van der Waals surface area contributed by atoms with Crippen LogP contribution in [0.5, 0.6) is 11.5 Å². The minimum absolute atomic E-state index is 0.00496. The molecule has 3 aromatic carbocycles. The lowest BCUT2D eigenvalue weighted by molar-refractivity contribution is 0.452. The van der Waals surface area contributed by atoms with Crippen LogP contribution in [-0.4, -0.2) is 9.36 Å². The number of aryl methyl sites for hydroxylation is 1. The van der Waals surface area contributed by atoms with Gasteiger partial charge >= 0.3 is 0 Å². The summed E-state index contributed by atoms with van der Waals surface area (Å²) in [6.07, 6.45) is 0. The maximum atomic E-state index is 13.7. The second-order valence-corrected chi connectivity index (χ2v) is 7.59. The molecule has 4 aromatic rings. The Hall–Kier alpha value is -3.53. The van der Waals surface area contributed by atoms with Crippen molar-refractivity contribution in [2.45, 2.75) is 19.8 Å². The van der Waals surface area contributed by atoms with Gasteiger partial charge in [-0.2, -0.15) is 0 Å². The molecule has 0 saturated heterocycles. The van der Waals surface area contributed by atoms with E-state index < -0.39 is 0 Å². The molecule has 0 N–H and O–H groups in total. The summed E-state index contributed by atoms with van der Waals surface area (Å²) in [7, 11) is 1.94. The van der Waals surface area contributed by atoms with Crippen molar-refractivity contribution >= 4 is 0 Å². The zero-order valence-corrected chi connectivity index (χ0v) is 16.7. The van der Waals surface area contributed by atoms with E-state index in [1.165, 1.54) is 0 Å². The summed E-state index contributed by atoms with van der Waals surface area (Å²) < 4.78 is 9.86. The van der Waals surface area contributed by atoms with Crippen molar-refractivity contribution in [1.82, 2.24) is 9.36 Å². The Labute approximate surface area is 169 Å². The maximum Gasteiger partial charge on any atom is 0.275 e. The van der Waals surface area contributed by atoms with Gasteiger partial charge in [0.05, 0.1) is 11.3 Å². The fourth-order valence-corrected chi connectivity index (χ4v) is 4.32. The van der Waals surface area contributed by atoms with Crippen LogP contribution in [0.2, 0.25) is 0 Å². The van der Waals surface area contributed by atoms with Crippen LogP contribution in [0, 0.1) is 13.8 Å². The van der Waals surface area contributed by atoms with Crippen molar-refractivity contribution in [1.29, 1.82) is 0 Å². The number of benzene rings is 3. The number of aromatic nitrogens is 2. The summed E-state index contributed by atoms with van der Waals surface area (Å²) >= 11 is 0. The van der Waals surface area contributed by atoms with Crippen LogP contribution in [0.4, 0.5) is 0 Å². The van der Waals surface area contributed by atoms with E-state index in [1.54, 1.807) is 4.68 Å². The van der Waals surface area contributed by atoms with Gasteiger partial charge < -0.3 is 4.74 Å². The van der Waals surface area contributed by atoms with Crippen LogP contribution in [0.3, 0.4) is 0 Å². The van der Waals surface area contributed by atoms with Crippen molar-refractivity contribution in [3.8, 4) is 17.2 Å². The van der Waals surface area contributed by atoms with Crippen molar-refractivity contribution in [2.75, 3.05) is 0 Å². The molecule has 4 heteroatoms. The lowest BCUT2D eigenvalue weighted by Gasteiger charge is -2.28. The zero-order chi connectivity index (χ0) is 20.1. The molecule has 1 aromatic heterocycles. The molecule has 2 heterocycles. The van der Waals surface area contributed by atoms with Gasteiger partial charge in [0.25, 0.3) is 5.56 Å². The third kappa shape index (κ3) is 2.64. The van der Waals surface area contributed by atoms with Gasteiger partial charge in [-0.1, -0.05) is 54.1 Å². The van der Waals surface area contributed by atoms with E-state index in [0.29, 0.717) is 0 Å². The SMILES string of the molecule is Cc1ccc2c(c1)[C@@H](c1c(C)n(C)n(-c3ccccc3)c1=O)c1ccccc1O2. The molecule has 0 radical (unpaired) electrons. The quantitative estimate of drug-likeness (QED) is 0.427. The van der Waals surface area contributed by atoms with Gasteiger partial charge in [0.2, 0.25) is 0 Å². The molecule has 0 bridgehead atoms. The van der Waals surface area contributed by atoms with Crippen LogP contribution in [0.15, 0.2) is 77.6 Å². The first-order valence-corrected chi connectivity index (χ1v) is 9.77. The Kier molecular flexibility index (Phi) is 3.95. The molecule has 0 spiro atoms. The summed E-state index contributed by atoms with van der Waals surface area (Å²) in [6.45, 7) is 4.08. The Morgan fingerprint density at radius 2 is 1.52 bits per heavy atom. The van der Waals surface area contributed by atoms with Crippen LogP contribution in [0.1, 0.15) is 33.9 Å². The summed E-state index contributed by atoms with van der Waals surface area (Å²) in [4.78, 5) is 13.7. The molecule has 1 atom stereocenters. The standard InChI is InChI=1S/C25H22N2O2/c1-16-13-14-22-20(15-16)24(19-11-7-8-12-21(19)29-22)23-17(2)26(3)27(25(23)28)18-9-5-4-6-10-18/h4-15,24H,1-3H3/t24-/m0/s1. The Balaban J connectivity index is 1.82. The lowest BCUT2D eigenvalue weighted by atomic mass is 9.82. The third-order valence-electron chi connectivity index (χ3n) is 5.81. The Morgan fingerprint density at radius 3 is 2.31 bits per heavy atom. The minimum atomic E-state index is -0.168. The van der Waals surface area contributed by atoms with E-state index in [4.69, 9.17) is 4.74 Å². The molecule has 0 amide bonds. The Bertz CT molecular complexity index is 1280. The molecule has 1 aliphatic rings. The first-order chi connectivity index (χ1) is 14.1. The highest BCUT2D eigenvalue weighted by Gasteiger charge is 2.33. The Morgan fingerprint density at radius 1 is 0.828 bits per heavy atom. The summed E-state index contributed by atoms with van der Waals surface area (Å²) in [6, 6.07) is 24.0. The first-order valence-electron chi connectivity index (χ1n) is 9.77. The molecule has 0 unspecified atom stereocenters. The molecule has 144 valence electrons. The highest BCUT2D eigenvalue weighted by atomic mass is 16.5. The topological polar surface area (TPSA) is 36.2 Å². The van der Waals surface area contributed by atoms with E-state index in [-0.39, 0.29) is 11.5 Å². The molecular formula is C25H22N2O2. The van der Waals surface area contributed by atoms with E-state index >= 15 is 0 Å². The highest BCUT2D eigenvalue weighted by molar-refractivity contribution is 5.59. The van der Waals surface area contributed by atoms with Gasteiger partial charge in [0, 0.05) is 29.8 Å². The number of ether oxygens (including phenoxy) is 1. The van der Waals surface area contributed by atoms with Gasteiger partial charge in [-0.15, -0.1) is 0 Å². The molecule has 1 aliphatic heterocycles. The van der Waals surface area contributed by atoms with Crippen LogP contribution in [-0.2, 0) is 7.05 Å². The average Bonchev–Trinajstić information content (AvgIpc) is 2.95. The lowest BCUT2D eigenvalue weighted by Crippen LogP contribution is -2.23. The molecule has 0 fully saturated rings. The van der Waals surface area contributed by atoms with Gasteiger partial charge in [-0.25, -0.2) is 4.68 Å². The van der Waals surface area contributed by atoms with Gasteiger partial charge in [-0.3, -0.25) is 9.48 Å². The third-order valence-corrected chi connectivity index (χ3v) is 5.81. The number of hydrogen-bond donors (Lipinski definition) is 0. The van der Waals surface area contributed by atoms with E-state index in [9.17, 15) is 4.79 Å². The second kappa shape index (κ2) is 6.52. The maximum absolute atomic E-state index is 13.7. The number of nitrogens with zero attached hydrogens (tertiary/aromatic N) is 2. The zero-order valence-electron chi connectivity index (χ0n) is 16.7. The first kappa shape index (κ1) is 17.6. The van der Waals surface area contributed by atoms with E-state index in [1.807, 2.05) is 79.3 Å². The van der Waals surface area contributed by atoms with Crippen LogP contribution in [0.25, 0.3) is 5.69 Å². The number of rotatable bonds is 2. The van der Waals surface area contributed by atoms with E-state index in [2.05, 4.69) is 19.1 Å². The predicted octanol–water partition coefficient (Wildman–Crippen LogP) is 5.08. The van der Waals surface area contributed by atoms with Crippen molar-refractivity contribution in [3.63, 3.8) is 0 Å². The molecule has 0 saturated carbocycles. The van der Waals surface area contributed by atoms with Crippen LogP contribution >= 0.6 is 0 Å². The smallest absolute Gasteiger partial charge is 0.275 e. The summed E-state index contributed by atoms with van der Waals surface area (Å²) in [5.74, 6) is 1.45. The minimum Gasteiger partial charge on any atom is -0.457 e. The van der Waals surface area contributed by atoms with E-state index in [0.717, 1.165) is 45.1 Å². The molecule has 29 heavy (non-hydrogen) atoms. The average molecular weight is 382 g/mol. The normalized spacial score (nSPS) is 14.8. The van der Waals surface area contributed by atoms with Gasteiger partial charge in [0.1, 0.15) is 11.5 Å². The monoisotopic (exact) mass is 382 g/mol.